The molecular weight excluding hydrogens is 245 g/mol. The van der Waals surface area contributed by atoms with Gasteiger partial charge in [0.25, 0.3) is 0 Å². The quantitative estimate of drug-likeness (QED) is 0.472. The van der Waals surface area contributed by atoms with Crippen molar-refractivity contribution in [1.82, 2.24) is 0 Å². The Bertz CT molecular complexity index is 163. The second kappa shape index (κ2) is 9.52. The molecule has 0 aromatic rings. The average molecular weight is 272 g/mol. The maximum atomic E-state index is 9.35. The fourth-order valence-corrected chi connectivity index (χ4v) is 2.12. The standard InChI is InChI=1S/C12H27ClNO.ClH/c1-5-6-7-12(13)8-9-14(3,4)10-11(2)15;/h11-12,15H,5-10H2,1-4H3;1H/q+1;/p-1. The van der Waals surface area contributed by atoms with E-state index in [4.69, 9.17) is 11.6 Å². The third-order valence-corrected chi connectivity index (χ3v) is 3.11. The number of unbranched alkanes of at least 4 members (excludes halogenated alkanes) is 1. The minimum Gasteiger partial charge on any atom is -1.00 e. The molecule has 2 nitrogen and oxygen atoms in total. The molecular formula is C12H27Cl2NO. The molecule has 0 saturated carbocycles. The number of nitrogens with zero attached hydrogens (tertiary/aromatic N) is 1. The molecule has 0 bridgehead atoms. The molecule has 0 aliphatic rings. The van der Waals surface area contributed by atoms with Crippen LogP contribution in [0.5, 0.6) is 0 Å². The normalized spacial score (nSPS) is 15.4. The summed E-state index contributed by atoms with van der Waals surface area (Å²) in [6.07, 6.45) is 4.37. The van der Waals surface area contributed by atoms with Gasteiger partial charge in [-0.1, -0.05) is 19.8 Å². The minimum atomic E-state index is -0.232. The number of rotatable bonds is 8. The Labute approximate surface area is 112 Å². The van der Waals surface area contributed by atoms with Gasteiger partial charge in [-0.05, 0) is 13.3 Å². The van der Waals surface area contributed by atoms with E-state index < -0.39 is 0 Å². The van der Waals surface area contributed by atoms with Gasteiger partial charge in [-0.15, -0.1) is 11.6 Å². The monoisotopic (exact) mass is 271 g/mol. The summed E-state index contributed by atoms with van der Waals surface area (Å²) in [5.41, 5.74) is 0. The van der Waals surface area contributed by atoms with Gasteiger partial charge in [-0.25, -0.2) is 0 Å². The van der Waals surface area contributed by atoms with Gasteiger partial charge in [0.05, 0.1) is 20.6 Å². The number of alkyl halides is 1. The molecule has 0 aliphatic carbocycles. The number of hydrogen-bond acceptors (Lipinski definition) is 1. The molecule has 0 rings (SSSR count). The first-order valence-corrected chi connectivity index (χ1v) is 6.45. The van der Waals surface area contributed by atoms with Crippen molar-refractivity contribution in [3.05, 3.63) is 0 Å². The second-order valence-electron chi connectivity index (χ2n) is 5.22. The Kier molecular flexibility index (Phi) is 11.2. The molecule has 100 valence electrons. The fourth-order valence-electron chi connectivity index (χ4n) is 1.87. The number of aliphatic hydroxyl groups is 1. The van der Waals surface area contributed by atoms with Gasteiger partial charge in [0.15, 0.2) is 0 Å². The topological polar surface area (TPSA) is 20.2 Å². The zero-order valence-corrected chi connectivity index (χ0v) is 12.6. The van der Waals surface area contributed by atoms with E-state index in [0.29, 0.717) is 5.38 Å². The number of quaternary nitrogens is 1. The maximum Gasteiger partial charge on any atom is 0.104 e. The molecule has 0 fully saturated rings. The minimum absolute atomic E-state index is 0. The van der Waals surface area contributed by atoms with E-state index in [0.717, 1.165) is 30.4 Å². The summed E-state index contributed by atoms with van der Waals surface area (Å²) in [5.74, 6) is 0. The fraction of sp³-hybridized carbons (Fsp3) is 1.00. The molecule has 2 unspecified atom stereocenters. The van der Waals surface area contributed by atoms with Crippen LogP contribution in [-0.4, -0.2) is 48.3 Å². The van der Waals surface area contributed by atoms with Crippen LogP contribution in [0.3, 0.4) is 0 Å². The molecule has 0 amide bonds. The summed E-state index contributed by atoms with van der Waals surface area (Å²) in [4.78, 5) is 0. The Morgan fingerprint density at radius 1 is 1.25 bits per heavy atom. The van der Waals surface area contributed by atoms with Crippen molar-refractivity contribution in [3.8, 4) is 0 Å². The predicted molar refractivity (Wildman–Crippen MR) is 67.3 cm³/mol. The van der Waals surface area contributed by atoms with Crippen molar-refractivity contribution in [2.75, 3.05) is 27.2 Å². The van der Waals surface area contributed by atoms with Crippen LogP contribution in [0.4, 0.5) is 0 Å². The number of hydrogen-bond donors (Lipinski definition) is 1. The van der Waals surface area contributed by atoms with E-state index in [1.165, 1.54) is 12.8 Å². The van der Waals surface area contributed by atoms with Gasteiger partial charge >= 0.3 is 0 Å². The summed E-state index contributed by atoms with van der Waals surface area (Å²) in [6.45, 7) is 5.88. The van der Waals surface area contributed by atoms with Gasteiger partial charge in [-0.2, -0.15) is 0 Å². The lowest BCUT2D eigenvalue weighted by Crippen LogP contribution is -3.00. The largest absolute Gasteiger partial charge is 1.00 e. The molecule has 0 aromatic heterocycles. The van der Waals surface area contributed by atoms with E-state index in [1.54, 1.807) is 0 Å². The second-order valence-corrected chi connectivity index (χ2v) is 5.84. The van der Waals surface area contributed by atoms with Crippen molar-refractivity contribution in [3.63, 3.8) is 0 Å². The zero-order chi connectivity index (χ0) is 11.9. The summed E-state index contributed by atoms with van der Waals surface area (Å²) in [6, 6.07) is 0. The zero-order valence-electron chi connectivity index (χ0n) is 11.0. The summed E-state index contributed by atoms with van der Waals surface area (Å²) in [5, 5.41) is 9.65. The van der Waals surface area contributed by atoms with Gasteiger partial charge in [0.2, 0.25) is 0 Å². The lowest BCUT2D eigenvalue weighted by atomic mass is 10.1. The molecule has 0 spiro atoms. The van der Waals surface area contributed by atoms with Crippen molar-refractivity contribution in [2.24, 2.45) is 0 Å². The molecule has 0 radical (unpaired) electrons. The third-order valence-electron chi connectivity index (χ3n) is 2.68. The van der Waals surface area contributed by atoms with Crippen LogP contribution in [0, 0.1) is 0 Å². The Morgan fingerprint density at radius 3 is 2.25 bits per heavy atom. The maximum absolute atomic E-state index is 9.35. The molecule has 0 heterocycles. The van der Waals surface area contributed by atoms with E-state index in [2.05, 4.69) is 21.0 Å². The highest BCUT2D eigenvalue weighted by atomic mass is 35.5. The van der Waals surface area contributed by atoms with Crippen LogP contribution in [0.15, 0.2) is 0 Å². The van der Waals surface area contributed by atoms with Crippen LogP contribution in [0.25, 0.3) is 0 Å². The predicted octanol–water partition coefficient (Wildman–Crippen LogP) is -0.365. The van der Waals surface area contributed by atoms with Gasteiger partial charge in [-0.3, -0.25) is 0 Å². The smallest absolute Gasteiger partial charge is 0.104 e. The summed E-state index contributed by atoms with van der Waals surface area (Å²) >= 11 is 6.23. The Morgan fingerprint density at radius 2 is 1.81 bits per heavy atom. The Hall–Kier alpha value is 0.500. The molecule has 0 saturated heterocycles. The molecule has 0 aliphatic heterocycles. The van der Waals surface area contributed by atoms with Crippen LogP contribution >= 0.6 is 11.6 Å². The van der Waals surface area contributed by atoms with Crippen LogP contribution in [0.1, 0.15) is 39.5 Å². The lowest BCUT2D eigenvalue weighted by Gasteiger charge is -2.31. The van der Waals surface area contributed by atoms with Crippen molar-refractivity contribution in [2.45, 2.75) is 51.0 Å². The van der Waals surface area contributed by atoms with Crippen molar-refractivity contribution in [1.29, 1.82) is 0 Å². The number of halogens is 2. The first kappa shape index (κ1) is 18.9. The van der Waals surface area contributed by atoms with E-state index >= 15 is 0 Å². The SMILES string of the molecule is CCCCC(Cl)CC[N+](C)(C)CC(C)O.[Cl-]. The van der Waals surface area contributed by atoms with Gasteiger partial charge in [0, 0.05) is 11.8 Å². The van der Waals surface area contributed by atoms with E-state index in [-0.39, 0.29) is 18.5 Å². The molecule has 1 N–H and O–H groups in total. The van der Waals surface area contributed by atoms with Crippen molar-refractivity contribution >= 4 is 11.6 Å². The van der Waals surface area contributed by atoms with Gasteiger partial charge < -0.3 is 22.0 Å². The first-order chi connectivity index (χ1) is 6.87. The van der Waals surface area contributed by atoms with E-state index in [9.17, 15) is 5.11 Å². The highest BCUT2D eigenvalue weighted by Gasteiger charge is 2.19. The molecule has 2 atom stereocenters. The summed E-state index contributed by atoms with van der Waals surface area (Å²) < 4.78 is 0.854. The van der Waals surface area contributed by atoms with Crippen LogP contribution < -0.4 is 12.4 Å². The molecule has 0 aromatic carbocycles. The molecule has 4 heteroatoms. The van der Waals surface area contributed by atoms with Crippen molar-refractivity contribution < 1.29 is 22.0 Å². The highest BCUT2D eigenvalue weighted by Crippen LogP contribution is 2.14. The number of likely N-dealkylation sites (N-methyl/N-ethyl adjacent to an activating group) is 1. The Balaban J connectivity index is 0. The lowest BCUT2D eigenvalue weighted by molar-refractivity contribution is -0.893. The van der Waals surface area contributed by atoms with Crippen LogP contribution in [0.2, 0.25) is 0 Å². The highest BCUT2D eigenvalue weighted by molar-refractivity contribution is 6.20. The summed E-state index contributed by atoms with van der Waals surface area (Å²) in [7, 11) is 4.30. The van der Waals surface area contributed by atoms with Gasteiger partial charge in [0.1, 0.15) is 12.6 Å². The number of aliphatic hydroxyl groups excluding tert-OH is 1. The third kappa shape index (κ3) is 11.0. The van der Waals surface area contributed by atoms with E-state index in [1.807, 2.05) is 6.92 Å². The molecule has 16 heavy (non-hydrogen) atoms. The van der Waals surface area contributed by atoms with Crippen LogP contribution in [-0.2, 0) is 0 Å². The average Bonchev–Trinajstić information content (AvgIpc) is 2.09. The first-order valence-electron chi connectivity index (χ1n) is 6.01.